The first-order valence-corrected chi connectivity index (χ1v) is 8.85. The first kappa shape index (κ1) is 18.6. The van der Waals surface area contributed by atoms with Crippen LogP contribution in [0.2, 0.25) is 0 Å². The van der Waals surface area contributed by atoms with E-state index in [0.29, 0.717) is 5.92 Å². The van der Waals surface area contributed by atoms with Crippen molar-refractivity contribution in [2.24, 2.45) is 11.8 Å². The highest BCUT2D eigenvalue weighted by Crippen LogP contribution is 2.26. The molecule has 1 heterocycles. The van der Waals surface area contributed by atoms with Gasteiger partial charge in [-0.15, -0.1) is 11.3 Å². The molecule has 0 aliphatic heterocycles. The molecule has 1 aromatic heterocycles. The Labute approximate surface area is 134 Å². The van der Waals surface area contributed by atoms with Gasteiger partial charge in [0, 0.05) is 30.9 Å². The summed E-state index contributed by atoms with van der Waals surface area (Å²) in [6.07, 6.45) is 2.32. The van der Waals surface area contributed by atoms with Crippen molar-refractivity contribution in [3.8, 4) is 0 Å². The number of thiazole rings is 1. The van der Waals surface area contributed by atoms with E-state index in [1.807, 2.05) is 11.3 Å². The average molecular weight is 313 g/mol. The highest BCUT2D eigenvalue weighted by atomic mass is 32.1. The number of nitrogens with zero attached hydrogens (tertiary/aromatic N) is 1. The van der Waals surface area contributed by atoms with Crippen molar-refractivity contribution >= 4 is 11.3 Å². The highest BCUT2D eigenvalue weighted by Gasteiger charge is 2.19. The third-order valence-corrected chi connectivity index (χ3v) is 4.38. The van der Waals surface area contributed by atoms with Crippen molar-refractivity contribution in [1.82, 2.24) is 10.3 Å². The number of methoxy groups -OCH3 is 1. The van der Waals surface area contributed by atoms with E-state index >= 15 is 0 Å². The number of rotatable bonds is 9. The summed E-state index contributed by atoms with van der Waals surface area (Å²) in [5, 5.41) is 7.00. The second-order valence-corrected chi connectivity index (χ2v) is 8.22. The molecule has 0 saturated carbocycles. The Hall–Kier alpha value is -0.450. The molecule has 1 aromatic rings. The monoisotopic (exact) mass is 312 g/mol. The second kappa shape index (κ2) is 8.86. The zero-order chi connectivity index (χ0) is 15.9. The minimum Gasteiger partial charge on any atom is -0.383 e. The predicted molar refractivity (Wildman–Crippen MR) is 92.2 cm³/mol. The van der Waals surface area contributed by atoms with Gasteiger partial charge in [-0.3, -0.25) is 0 Å². The van der Waals surface area contributed by atoms with E-state index < -0.39 is 0 Å². The number of hydrogen-bond donors (Lipinski definition) is 1. The van der Waals surface area contributed by atoms with Gasteiger partial charge in [-0.25, -0.2) is 4.98 Å². The van der Waals surface area contributed by atoms with Crippen LogP contribution in [-0.2, 0) is 16.6 Å². The Morgan fingerprint density at radius 2 is 2.05 bits per heavy atom. The standard InChI is InChI=1S/C17H32N2OS/c1-13(2)9-14(11-18-7-8-20-6)10-16-19-15(12-21-16)17(3,4)5/h12-14,18H,7-11H2,1-6H3. The zero-order valence-corrected chi connectivity index (χ0v) is 15.3. The van der Waals surface area contributed by atoms with Gasteiger partial charge in [0.15, 0.2) is 0 Å². The Bertz CT molecular complexity index is 396. The maximum Gasteiger partial charge on any atom is 0.0931 e. The van der Waals surface area contributed by atoms with Crippen molar-refractivity contribution in [2.45, 2.75) is 52.9 Å². The third-order valence-electron chi connectivity index (χ3n) is 3.50. The molecule has 4 heteroatoms. The van der Waals surface area contributed by atoms with Crippen LogP contribution in [0.15, 0.2) is 5.38 Å². The molecule has 0 fully saturated rings. The van der Waals surface area contributed by atoms with Gasteiger partial charge in [0.25, 0.3) is 0 Å². The molecule has 0 radical (unpaired) electrons. The van der Waals surface area contributed by atoms with Crippen LogP contribution in [-0.4, -0.2) is 31.8 Å². The van der Waals surface area contributed by atoms with Gasteiger partial charge in [-0.05, 0) is 24.8 Å². The Morgan fingerprint density at radius 3 is 2.57 bits per heavy atom. The lowest BCUT2D eigenvalue weighted by Gasteiger charge is -2.19. The number of aromatic nitrogens is 1. The molecule has 0 spiro atoms. The molecule has 0 aliphatic carbocycles. The fourth-order valence-corrected chi connectivity index (χ4v) is 3.52. The van der Waals surface area contributed by atoms with Gasteiger partial charge in [0.05, 0.1) is 17.3 Å². The van der Waals surface area contributed by atoms with Crippen molar-refractivity contribution in [3.05, 3.63) is 16.1 Å². The highest BCUT2D eigenvalue weighted by molar-refractivity contribution is 7.09. The van der Waals surface area contributed by atoms with Gasteiger partial charge >= 0.3 is 0 Å². The lowest BCUT2D eigenvalue weighted by atomic mass is 9.92. The molecule has 1 N–H and O–H groups in total. The van der Waals surface area contributed by atoms with Crippen LogP contribution < -0.4 is 5.32 Å². The van der Waals surface area contributed by atoms with Crippen LogP contribution in [0.1, 0.15) is 51.7 Å². The topological polar surface area (TPSA) is 34.1 Å². The van der Waals surface area contributed by atoms with Crippen LogP contribution in [0.4, 0.5) is 0 Å². The molecule has 0 amide bonds. The summed E-state index contributed by atoms with van der Waals surface area (Å²) < 4.78 is 5.09. The van der Waals surface area contributed by atoms with E-state index in [9.17, 15) is 0 Å². The van der Waals surface area contributed by atoms with Gasteiger partial charge < -0.3 is 10.1 Å². The zero-order valence-electron chi connectivity index (χ0n) is 14.5. The molecule has 0 aromatic carbocycles. The molecule has 0 aliphatic rings. The summed E-state index contributed by atoms with van der Waals surface area (Å²) in [4.78, 5) is 4.84. The number of nitrogens with one attached hydrogen (secondary N) is 1. The van der Waals surface area contributed by atoms with Crippen molar-refractivity contribution in [2.75, 3.05) is 26.8 Å². The van der Waals surface area contributed by atoms with E-state index in [4.69, 9.17) is 9.72 Å². The molecular formula is C17H32N2OS. The van der Waals surface area contributed by atoms with Gasteiger partial charge in [0.2, 0.25) is 0 Å². The molecule has 122 valence electrons. The summed E-state index contributed by atoms with van der Waals surface area (Å²) in [6, 6.07) is 0. The smallest absolute Gasteiger partial charge is 0.0931 e. The predicted octanol–water partition coefficient (Wildman–Crippen LogP) is 3.88. The van der Waals surface area contributed by atoms with Gasteiger partial charge in [-0.1, -0.05) is 34.6 Å². The van der Waals surface area contributed by atoms with Crippen LogP contribution in [0, 0.1) is 11.8 Å². The van der Waals surface area contributed by atoms with Crippen molar-refractivity contribution in [3.63, 3.8) is 0 Å². The maximum absolute atomic E-state index is 5.09. The Kier molecular flexibility index (Phi) is 7.85. The normalized spacial score (nSPS) is 13.9. The van der Waals surface area contributed by atoms with E-state index in [0.717, 1.165) is 32.0 Å². The van der Waals surface area contributed by atoms with Crippen molar-refractivity contribution in [1.29, 1.82) is 0 Å². The first-order chi connectivity index (χ1) is 9.82. The van der Waals surface area contributed by atoms with E-state index in [1.54, 1.807) is 7.11 Å². The maximum atomic E-state index is 5.09. The van der Waals surface area contributed by atoms with Crippen LogP contribution in [0.5, 0.6) is 0 Å². The molecule has 0 saturated heterocycles. The molecular weight excluding hydrogens is 280 g/mol. The summed E-state index contributed by atoms with van der Waals surface area (Å²) in [5.74, 6) is 1.38. The van der Waals surface area contributed by atoms with Crippen LogP contribution in [0.25, 0.3) is 0 Å². The Morgan fingerprint density at radius 1 is 1.33 bits per heavy atom. The van der Waals surface area contributed by atoms with Gasteiger partial charge in [-0.2, -0.15) is 0 Å². The SMILES string of the molecule is COCCNCC(Cc1nc(C(C)(C)C)cs1)CC(C)C. The Balaban J connectivity index is 2.56. The van der Waals surface area contributed by atoms with Crippen LogP contribution in [0.3, 0.4) is 0 Å². The lowest BCUT2D eigenvalue weighted by Crippen LogP contribution is -2.28. The minimum atomic E-state index is 0.152. The van der Waals surface area contributed by atoms with Crippen LogP contribution >= 0.6 is 11.3 Å². The second-order valence-electron chi connectivity index (χ2n) is 7.27. The molecule has 0 bridgehead atoms. The van der Waals surface area contributed by atoms with Gasteiger partial charge in [0.1, 0.15) is 0 Å². The molecule has 21 heavy (non-hydrogen) atoms. The van der Waals surface area contributed by atoms with Crippen molar-refractivity contribution < 1.29 is 4.74 Å². The summed E-state index contributed by atoms with van der Waals surface area (Å²) in [5.41, 5.74) is 1.37. The van der Waals surface area contributed by atoms with E-state index in [1.165, 1.54) is 17.1 Å². The quantitative estimate of drug-likeness (QED) is 0.703. The average Bonchev–Trinajstić information content (AvgIpc) is 2.82. The van der Waals surface area contributed by atoms with E-state index in [2.05, 4.69) is 45.3 Å². The minimum absolute atomic E-state index is 0.152. The summed E-state index contributed by atoms with van der Waals surface area (Å²) >= 11 is 1.81. The molecule has 1 rings (SSSR count). The largest absolute Gasteiger partial charge is 0.383 e. The summed E-state index contributed by atoms with van der Waals surface area (Å²) in [6.45, 7) is 14.0. The molecule has 1 atom stereocenters. The summed E-state index contributed by atoms with van der Waals surface area (Å²) in [7, 11) is 1.75. The lowest BCUT2D eigenvalue weighted by molar-refractivity contribution is 0.197. The number of ether oxygens (including phenoxy) is 1. The molecule has 1 unspecified atom stereocenters. The first-order valence-electron chi connectivity index (χ1n) is 7.97. The third kappa shape index (κ3) is 7.39. The fourth-order valence-electron chi connectivity index (χ4n) is 2.38. The van der Waals surface area contributed by atoms with E-state index in [-0.39, 0.29) is 5.41 Å². The molecule has 3 nitrogen and oxygen atoms in total. The number of hydrogen-bond acceptors (Lipinski definition) is 4. The fraction of sp³-hybridized carbons (Fsp3) is 0.824.